The molecule has 1 atom stereocenters. The van der Waals surface area contributed by atoms with E-state index in [0.717, 1.165) is 0 Å². The second kappa shape index (κ2) is 7.48. The third-order valence-corrected chi connectivity index (χ3v) is 4.86. The Balaban J connectivity index is 2.06. The zero-order chi connectivity index (χ0) is 19.7. The van der Waals surface area contributed by atoms with Crippen LogP contribution in [0.2, 0.25) is 5.02 Å². The summed E-state index contributed by atoms with van der Waals surface area (Å²) in [5, 5.41) is 0.961. The topological polar surface area (TPSA) is 55.2 Å². The van der Waals surface area contributed by atoms with E-state index in [9.17, 15) is 14.0 Å². The molecule has 0 saturated carbocycles. The first-order chi connectivity index (χ1) is 12.8. The third-order valence-electron chi connectivity index (χ3n) is 4.63. The fraction of sp³-hybridized carbons (Fsp3) is 0.250. The molecule has 0 radical (unpaired) electrons. The molecule has 0 bridgehead atoms. The van der Waals surface area contributed by atoms with E-state index < -0.39 is 11.9 Å². The van der Waals surface area contributed by atoms with E-state index in [1.54, 1.807) is 36.7 Å². The largest absolute Gasteiger partial charge is 0.332 e. The van der Waals surface area contributed by atoms with Crippen molar-refractivity contribution in [2.75, 3.05) is 7.05 Å². The van der Waals surface area contributed by atoms with Gasteiger partial charge in [0, 0.05) is 24.2 Å². The van der Waals surface area contributed by atoms with E-state index in [1.165, 1.54) is 29.2 Å². The van der Waals surface area contributed by atoms with Gasteiger partial charge in [0.15, 0.2) is 0 Å². The summed E-state index contributed by atoms with van der Waals surface area (Å²) in [6.45, 7) is 4.07. The zero-order valence-electron chi connectivity index (χ0n) is 15.2. The lowest BCUT2D eigenvalue weighted by Gasteiger charge is -2.27. The summed E-state index contributed by atoms with van der Waals surface area (Å²) in [4.78, 5) is 31.7. The smallest absolute Gasteiger partial charge is 0.261 e. The summed E-state index contributed by atoms with van der Waals surface area (Å²) < 4.78 is 14.7. The number of halogens is 2. The van der Waals surface area contributed by atoms with Crippen LogP contribution < -0.4 is 5.56 Å². The molecule has 27 heavy (non-hydrogen) atoms. The van der Waals surface area contributed by atoms with Crippen LogP contribution in [-0.2, 0) is 6.54 Å². The summed E-state index contributed by atoms with van der Waals surface area (Å²) in [5.74, 6) is -0.226. The first-order valence-electron chi connectivity index (χ1n) is 8.56. The Hall–Kier alpha value is -2.73. The minimum Gasteiger partial charge on any atom is -0.332 e. The van der Waals surface area contributed by atoms with Crippen molar-refractivity contribution in [3.8, 4) is 0 Å². The number of amides is 1. The van der Waals surface area contributed by atoms with Crippen molar-refractivity contribution in [3.05, 3.63) is 75.0 Å². The predicted molar refractivity (Wildman–Crippen MR) is 104 cm³/mol. The predicted octanol–water partition coefficient (Wildman–Crippen LogP) is 4.04. The van der Waals surface area contributed by atoms with Gasteiger partial charge >= 0.3 is 0 Å². The first kappa shape index (κ1) is 19.0. The molecule has 0 spiro atoms. The summed E-state index contributed by atoms with van der Waals surface area (Å²) in [7, 11) is 1.63. The van der Waals surface area contributed by atoms with E-state index in [2.05, 4.69) is 4.98 Å². The highest BCUT2D eigenvalue weighted by molar-refractivity contribution is 6.31. The molecule has 5 nitrogen and oxygen atoms in total. The number of rotatable bonds is 4. The van der Waals surface area contributed by atoms with Crippen LogP contribution in [0.15, 0.2) is 47.3 Å². The van der Waals surface area contributed by atoms with E-state index in [4.69, 9.17) is 11.6 Å². The molecule has 3 aromatic rings. The lowest BCUT2D eigenvalue weighted by Crippen LogP contribution is -2.35. The summed E-state index contributed by atoms with van der Waals surface area (Å²) in [6.07, 6.45) is 0. The highest BCUT2D eigenvalue weighted by Gasteiger charge is 2.24. The van der Waals surface area contributed by atoms with Gasteiger partial charge in [0.25, 0.3) is 11.5 Å². The fourth-order valence-electron chi connectivity index (χ4n) is 2.98. The number of carbonyl (C=O) groups is 1. The van der Waals surface area contributed by atoms with Crippen LogP contribution in [0.3, 0.4) is 0 Å². The molecular weight excluding hydrogens is 369 g/mol. The van der Waals surface area contributed by atoms with E-state index >= 15 is 0 Å². The average Bonchev–Trinajstić information content (AvgIpc) is 2.66. The van der Waals surface area contributed by atoms with Crippen LogP contribution in [0.5, 0.6) is 0 Å². The van der Waals surface area contributed by atoms with Gasteiger partial charge < -0.3 is 4.90 Å². The number of nitrogens with zero attached hydrogens (tertiary/aromatic N) is 3. The minimum absolute atomic E-state index is 0.177. The molecule has 2 aromatic carbocycles. The molecule has 1 amide bonds. The van der Waals surface area contributed by atoms with Crippen molar-refractivity contribution in [1.82, 2.24) is 14.5 Å². The standard InChI is InChI=1S/C20H19ClFN3O2/c1-4-25-18(23-17-11-14(21)7-10-16(17)20(25)27)12(2)24(3)19(26)13-5-8-15(22)9-6-13/h5-12H,4H2,1-3H3. The van der Waals surface area contributed by atoms with Gasteiger partial charge in [-0.2, -0.15) is 0 Å². The van der Waals surface area contributed by atoms with Crippen molar-refractivity contribution in [2.45, 2.75) is 26.4 Å². The maximum Gasteiger partial charge on any atom is 0.261 e. The molecule has 0 aliphatic carbocycles. The van der Waals surface area contributed by atoms with Crippen molar-refractivity contribution >= 4 is 28.4 Å². The van der Waals surface area contributed by atoms with Crippen LogP contribution in [-0.4, -0.2) is 27.4 Å². The summed E-state index contributed by atoms with van der Waals surface area (Å²) in [6, 6.07) is 9.81. The maximum atomic E-state index is 13.1. The Kier molecular flexibility index (Phi) is 5.28. The van der Waals surface area contributed by atoms with Crippen LogP contribution >= 0.6 is 11.6 Å². The molecule has 1 aromatic heterocycles. The van der Waals surface area contributed by atoms with Crippen LogP contribution in [0.1, 0.15) is 36.1 Å². The van der Waals surface area contributed by atoms with Crippen LogP contribution in [0.4, 0.5) is 4.39 Å². The lowest BCUT2D eigenvalue weighted by atomic mass is 10.1. The van der Waals surface area contributed by atoms with Gasteiger partial charge in [-0.25, -0.2) is 9.37 Å². The monoisotopic (exact) mass is 387 g/mol. The SMILES string of the molecule is CCn1c(C(C)N(C)C(=O)c2ccc(F)cc2)nc2cc(Cl)ccc2c1=O. The summed E-state index contributed by atoms with van der Waals surface area (Å²) in [5.41, 5.74) is 0.672. The Bertz CT molecular complexity index is 1060. The fourth-order valence-corrected chi connectivity index (χ4v) is 3.15. The highest BCUT2D eigenvalue weighted by Crippen LogP contribution is 2.22. The zero-order valence-corrected chi connectivity index (χ0v) is 16.0. The van der Waals surface area contributed by atoms with Crippen molar-refractivity contribution in [3.63, 3.8) is 0 Å². The van der Waals surface area contributed by atoms with Gasteiger partial charge in [0.2, 0.25) is 0 Å². The Morgan fingerprint density at radius 1 is 1.26 bits per heavy atom. The molecule has 0 aliphatic rings. The highest BCUT2D eigenvalue weighted by atomic mass is 35.5. The number of aromatic nitrogens is 2. The van der Waals surface area contributed by atoms with E-state index in [-0.39, 0.29) is 11.5 Å². The van der Waals surface area contributed by atoms with Crippen molar-refractivity contribution in [2.24, 2.45) is 0 Å². The molecule has 0 saturated heterocycles. The quantitative estimate of drug-likeness (QED) is 0.678. The maximum absolute atomic E-state index is 13.1. The van der Waals surface area contributed by atoms with Crippen molar-refractivity contribution < 1.29 is 9.18 Å². The molecule has 3 rings (SSSR count). The third kappa shape index (κ3) is 3.57. The molecule has 1 heterocycles. The molecule has 140 valence electrons. The Labute approximate surface area is 161 Å². The van der Waals surface area contributed by atoms with Crippen molar-refractivity contribution in [1.29, 1.82) is 0 Å². The average molecular weight is 388 g/mol. The van der Waals surface area contributed by atoms with Gasteiger partial charge in [-0.15, -0.1) is 0 Å². The molecule has 0 N–H and O–H groups in total. The van der Waals surface area contributed by atoms with Gasteiger partial charge in [-0.3, -0.25) is 14.2 Å². The number of benzene rings is 2. The van der Waals surface area contributed by atoms with E-state index in [0.29, 0.717) is 33.9 Å². The number of fused-ring (bicyclic) bond motifs is 1. The van der Waals surface area contributed by atoms with Gasteiger partial charge in [0.05, 0.1) is 16.9 Å². The molecule has 0 aliphatic heterocycles. The minimum atomic E-state index is -0.474. The molecule has 1 unspecified atom stereocenters. The van der Waals surface area contributed by atoms with Crippen LogP contribution in [0, 0.1) is 5.82 Å². The van der Waals surface area contributed by atoms with Crippen LogP contribution in [0.25, 0.3) is 10.9 Å². The lowest BCUT2D eigenvalue weighted by molar-refractivity contribution is 0.0733. The summed E-state index contributed by atoms with van der Waals surface area (Å²) >= 11 is 6.04. The van der Waals surface area contributed by atoms with E-state index in [1.807, 2.05) is 6.92 Å². The normalized spacial score (nSPS) is 12.2. The number of carbonyl (C=O) groups excluding carboxylic acids is 1. The Morgan fingerprint density at radius 2 is 1.93 bits per heavy atom. The second-order valence-electron chi connectivity index (χ2n) is 6.28. The van der Waals surface area contributed by atoms with Gasteiger partial charge in [-0.1, -0.05) is 11.6 Å². The molecule has 0 fully saturated rings. The number of hydrogen-bond donors (Lipinski definition) is 0. The number of hydrogen-bond acceptors (Lipinski definition) is 3. The Morgan fingerprint density at radius 3 is 2.56 bits per heavy atom. The van der Waals surface area contributed by atoms with Gasteiger partial charge in [0.1, 0.15) is 11.6 Å². The van der Waals surface area contributed by atoms with Gasteiger partial charge in [-0.05, 0) is 56.3 Å². The first-order valence-corrected chi connectivity index (χ1v) is 8.94. The second-order valence-corrected chi connectivity index (χ2v) is 6.72. The molecule has 7 heteroatoms. The molecular formula is C20H19ClFN3O2.